The normalized spacial score (nSPS) is 18.0. The number of hydrogen-bond donors (Lipinski definition) is 0. The standard InChI is InChI=1S/C12H16N6O2S/c1-16-5-7-17(8-6-16)21(19,20)11-3-2-4-14-12(11)18-10-13-9-15-18/h2-4,9-10H,5-8H2,1H3. The van der Waals surface area contributed by atoms with Crippen LogP contribution in [0.25, 0.3) is 5.82 Å². The molecule has 0 spiro atoms. The van der Waals surface area contributed by atoms with Crippen LogP contribution in [-0.2, 0) is 10.0 Å². The van der Waals surface area contributed by atoms with E-state index in [0.29, 0.717) is 13.1 Å². The van der Waals surface area contributed by atoms with Gasteiger partial charge in [-0.3, -0.25) is 0 Å². The molecule has 2 aromatic rings. The van der Waals surface area contributed by atoms with E-state index in [1.54, 1.807) is 18.3 Å². The molecule has 1 aliphatic rings. The van der Waals surface area contributed by atoms with Crippen LogP contribution >= 0.6 is 0 Å². The van der Waals surface area contributed by atoms with Gasteiger partial charge in [0.2, 0.25) is 10.0 Å². The second kappa shape index (κ2) is 5.51. The van der Waals surface area contributed by atoms with Crippen LogP contribution in [0.2, 0.25) is 0 Å². The van der Waals surface area contributed by atoms with Crippen molar-refractivity contribution < 1.29 is 8.42 Å². The maximum atomic E-state index is 12.8. The van der Waals surface area contributed by atoms with Crippen molar-refractivity contribution in [3.05, 3.63) is 31.0 Å². The average molecular weight is 308 g/mol. The zero-order valence-corrected chi connectivity index (χ0v) is 12.4. The number of nitrogens with zero attached hydrogens (tertiary/aromatic N) is 6. The Labute approximate surface area is 123 Å². The summed E-state index contributed by atoms with van der Waals surface area (Å²) in [5.74, 6) is 0.272. The van der Waals surface area contributed by atoms with E-state index in [4.69, 9.17) is 0 Å². The molecule has 0 aromatic carbocycles. The Bertz CT molecular complexity index is 707. The largest absolute Gasteiger partial charge is 0.304 e. The van der Waals surface area contributed by atoms with Crippen molar-refractivity contribution >= 4 is 10.0 Å². The summed E-state index contributed by atoms with van der Waals surface area (Å²) in [5, 5.41) is 3.97. The van der Waals surface area contributed by atoms with Gasteiger partial charge in [-0.15, -0.1) is 0 Å². The van der Waals surface area contributed by atoms with Crippen molar-refractivity contribution in [2.45, 2.75) is 4.90 Å². The predicted molar refractivity (Wildman–Crippen MR) is 75.4 cm³/mol. The molecule has 0 radical (unpaired) electrons. The van der Waals surface area contributed by atoms with Crippen LogP contribution in [0.3, 0.4) is 0 Å². The summed E-state index contributed by atoms with van der Waals surface area (Å²) in [6.45, 7) is 2.39. The van der Waals surface area contributed by atoms with Gasteiger partial charge in [0.1, 0.15) is 17.6 Å². The van der Waals surface area contributed by atoms with E-state index in [-0.39, 0.29) is 10.7 Å². The first-order valence-electron chi connectivity index (χ1n) is 6.58. The van der Waals surface area contributed by atoms with Gasteiger partial charge >= 0.3 is 0 Å². The van der Waals surface area contributed by atoms with Gasteiger partial charge < -0.3 is 4.90 Å². The fraction of sp³-hybridized carbons (Fsp3) is 0.417. The summed E-state index contributed by atoms with van der Waals surface area (Å²) in [6.07, 6.45) is 4.33. The Morgan fingerprint density at radius 2 is 1.95 bits per heavy atom. The van der Waals surface area contributed by atoms with E-state index in [1.165, 1.54) is 21.6 Å². The number of pyridine rings is 1. The number of piperazine rings is 1. The third-order valence-corrected chi connectivity index (χ3v) is 5.39. The van der Waals surface area contributed by atoms with E-state index in [1.807, 2.05) is 7.05 Å². The molecule has 9 heteroatoms. The molecule has 0 unspecified atom stereocenters. The van der Waals surface area contributed by atoms with E-state index >= 15 is 0 Å². The molecule has 21 heavy (non-hydrogen) atoms. The molecule has 2 aromatic heterocycles. The fourth-order valence-electron chi connectivity index (χ4n) is 2.24. The van der Waals surface area contributed by atoms with Gasteiger partial charge in [0, 0.05) is 32.4 Å². The lowest BCUT2D eigenvalue weighted by Gasteiger charge is -2.31. The van der Waals surface area contributed by atoms with Crippen LogP contribution in [0.5, 0.6) is 0 Å². The monoisotopic (exact) mass is 308 g/mol. The molecule has 0 atom stereocenters. The van der Waals surface area contributed by atoms with Gasteiger partial charge in [-0.25, -0.2) is 23.1 Å². The molecule has 3 heterocycles. The Morgan fingerprint density at radius 3 is 2.62 bits per heavy atom. The van der Waals surface area contributed by atoms with Crippen molar-refractivity contribution in [3.63, 3.8) is 0 Å². The molecule has 0 N–H and O–H groups in total. The third kappa shape index (κ3) is 2.67. The molecule has 1 fully saturated rings. The summed E-state index contributed by atoms with van der Waals surface area (Å²) in [4.78, 5) is 10.2. The minimum absolute atomic E-state index is 0.153. The Morgan fingerprint density at radius 1 is 1.19 bits per heavy atom. The average Bonchev–Trinajstić information content (AvgIpc) is 3.02. The highest BCUT2D eigenvalue weighted by molar-refractivity contribution is 7.89. The van der Waals surface area contributed by atoms with E-state index in [2.05, 4.69) is 20.0 Å². The highest BCUT2D eigenvalue weighted by Gasteiger charge is 2.30. The first kappa shape index (κ1) is 14.1. The Kier molecular flexibility index (Phi) is 3.70. The van der Waals surface area contributed by atoms with Gasteiger partial charge in [-0.1, -0.05) is 0 Å². The van der Waals surface area contributed by atoms with Crippen molar-refractivity contribution in [3.8, 4) is 5.82 Å². The van der Waals surface area contributed by atoms with Gasteiger partial charge in [-0.2, -0.15) is 9.40 Å². The van der Waals surface area contributed by atoms with E-state index in [0.717, 1.165) is 13.1 Å². The molecule has 0 saturated carbocycles. The first-order chi connectivity index (χ1) is 10.1. The van der Waals surface area contributed by atoms with Crippen LogP contribution in [0.15, 0.2) is 35.9 Å². The van der Waals surface area contributed by atoms with E-state index < -0.39 is 10.0 Å². The molecule has 0 amide bonds. The fourth-order valence-corrected chi connectivity index (χ4v) is 3.79. The van der Waals surface area contributed by atoms with Gasteiger partial charge in [0.15, 0.2) is 5.82 Å². The molecule has 1 saturated heterocycles. The number of aromatic nitrogens is 4. The molecular formula is C12H16N6O2S. The van der Waals surface area contributed by atoms with Crippen LogP contribution in [0.4, 0.5) is 0 Å². The minimum Gasteiger partial charge on any atom is -0.304 e. The number of likely N-dealkylation sites (N-methyl/N-ethyl adjacent to an activating group) is 1. The molecule has 3 rings (SSSR count). The summed E-state index contributed by atoms with van der Waals surface area (Å²) in [5.41, 5.74) is 0. The van der Waals surface area contributed by atoms with Crippen LogP contribution in [0.1, 0.15) is 0 Å². The van der Waals surface area contributed by atoms with Crippen molar-refractivity contribution in [1.29, 1.82) is 0 Å². The molecule has 0 bridgehead atoms. The summed E-state index contributed by atoms with van der Waals surface area (Å²) in [7, 11) is -1.61. The second-order valence-electron chi connectivity index (χ2n) is 4.87. The zero-order chi connectivity index (χ0) is 14.9. The van der Waals surface area contributed by atoms with Gasteiger partial charge in [-0.05, 0) is 19.2 Å². The molecular weight excluding hydrogens is 292 g/mol. The molecule has 8 nitrogen and oxygen atoms in total. The lowest BCUT2D eigenvalue weighted by atomic mass is 10.4. The smallest absolute Gasteiger partial charge is 0.246 e. The topological polar surface area (TPSA) is 84.2 Å². The molecule has 112 valence electrons. The number of hydrogen-bond acceptors (Lipinski definition) is 6. The van der Waals surface area contributed by atoms with Crippen molar-refractivity contribution in [1.82, 2.24) is 29.0 Å². The van der Waals surface area contributed by atoms with Crippen LogP contribution in [-0.4, -0.2) is 70.6 Å². The Balaban J connectivity index is 2.00. The second-order valence-corrected chi connectivity index (χ2v) is 6.78. The number of rotatable bonds is 3. The van der Waals surface area contributed by atoms with Crippen molar-refractivity contribution in [2.75, 3.05) is 33.2 Å². The summed E-state index contributed by atoms with van der Waals surface area (Å²) >= 11 is 0. The molecule has 1 aliphatic heterocycles. The Hall–Kier alpha value is -1.84. The first-order valence-corrected chi connectivity index (χ1v) is 8.02. The highest BCUT2D eigenvalue weighted by Crippen LogP contribution is 2.21. The van der Waals surface area contributed by atoms with E-state index in [9.17, 15) is 8.42 Å². The highest BCUT2D eigenvalue weighted by atomic mass is 32.2. The zero-order valence-electron chi connectivity index (χ0n) is 11.6. The van der Waals surface area contributed by atoms with Gasteiger partial charge in [0.05, 0.1) is 0 Å². The van der Waals surface area contributed by atoms with Crippen LogP contribution in [0, 0.1) is 0 Å². The lowest BCUT2D eigenvalue weighted by Crippen LogP contribution is -2.47. The van der Waals surface area contributed by atoms with Crippen molar-refractivity contribution in [2.24, 2.45) is 0 Å². The minimum atomic E-state index is -3.59. The summed E-state index contributed by atoms with van der Waals surface area (Å²) in [6, 6.07) is 3.17. The summed E-state index contributed by atoms with van der Waals surface area (Å²) < 4.78 is 28.5. The molecule has 0 aliphatic carbocycles. The number of sulfonamides is 1. The predicted octanol–water partition coefficient (Wildman–Crippen LogP) is -0.402. The lowest BCUT2D eigenvalue weighted by molar-refractivity contribution is 0.222. The van der Waals surface area contributed by atoms with Gasteiger partial charge in [0.25, 0.3) is 0 Å². The quantitative estimate of drug-likeness (QED) is 0.767. The van der Waals surface area contributed by atoms with Crippen LogP contribution < -0.4 is 0 Å². The maximum absolute atomic E-state index is 12.8. The maximum Gasteiger partial charge on any atom is 0.246 e. The third-order valence-electron chi connectivity index (χ3n) is 3.47. The SMILES string of the molecule is CN1CCN(S(=O)(=O)c2cccnc2-n2cncn2)CC1.